The number of aromatic nitrogens is 1. The minimum Gasteiger partial charge on any atom is -0.496 e. The van der Waals surface area contributed by atoms with Crippen molar-refractivity contribution in [1.82, 2.24) is 14.8 Å². The van der Waals surface area contributed by atoms with Crippen LogP contribution in [-0.4, -0.2) is 46.8 Å². The third-order valence-electron chi connectivity index (χ3n) is 5.28. The van der Waals surface area contributed by atoms with Crippen LogP contribution >= 0.6 is 0 Å². The Bertz CT molecular complexity index is 918. The lowest BCUT2D eigenvalue weighted by Crippen LogP contribution is -2.36. The molecule has 1 aromatic carbocycles. The van der Waals surface area contributed by atoms with Crippen molar-refractivity contribution in [2.24, 2.45) is 0 Å². The average Bonchev–Trinajstić information content (AvgIpc) is 2.99. The number of methoxy groups -OCH3 is 1. The monoisotopic (exact) mass is 377 g/mol. The molecule has 2 aromatic rings. The van der Waals surface area contributed by atoms with Gasteiger partial charge in [0.1, 0.15) is 11.4 Å². The molecule has 0 unspecified atom stereocenters. The van der Waals surface area contributed by atoms with E-state index in [1.165, 1.54) is 4.90 Å². The fourth-order valence-corrected chi connectivity index (χ4v) is 3.88. The molecule has 2 aliphatic heterocycles. The van der Waals surface area contributed by atoms with E-state index in [1.54, 1.807) is 19.5 Å². The Morgan fingerprint density at radius 2 is 1.68 bits per heavy atom. The molecule has 6 heteroatoms. The number of hydrogen-bond donors (Lipinski definition) is 0. The lowest BCUT2D eigenvalue weighted by Gasteiger charge is -2.29. The average molecular weight is 377 g/mol. The predicted molar refractivity (Wildman–Crippen MR) is 105 cm³/mol. The molecule has 0 spiro atoms. The third kappa shape index (κ3) is 3.26. The van der Waals surface area contributed by atoms with Crippen LogP contribution in [0.2, 0.25) is 0 Å². The molecule has 2 amide bonds. The van der Waals surface area contributed by atoms with E-state index in [0.717, 1.165) is 37.9 Å². The summed E-state index contributed by atoms with van der Waals surface area (Å²) in [5.41, 5.74) is 2.48. The number of imide groups is 1. The van der Waals surface area contributed by atoms with Crippen LogP contribution < -0.4 is 4.74 Å². The SMILES string of the molecule is COc1ccccc1C1=C(N2CCCCC2)C(=O)N(Cc2ccncc2)C1=O. The number of ether oxygens (including phenoxy) is 1. The van der Waals surface area contributed by atoms with Crippen molar-refractivity contribution in [3.05, 3.63) is 65.6 Å². The molecule has 4 rings (SSSR count). The quantitative estimate of drug-likeness (QED) is 0.750. The summed E-state index contributed by atoms with van der Waals surface area (Å²) in [7, 11) is 1.58. The molecule has 0 bridgehead atoms. The number of likely N-dealkylation sites (tertiary alicyclic amines) is 1. The summed E-state index contributed by atoms with van der Waals surface area (Å²) in [6.07, 6.45) is 6.53. The van der Waals surface area contributed by atoms with Gasteiger partial charge < -0.3 is 9.64 Å². The Labute approximate surface area is 164 Å². The van der Waals surface area contributed by atoms with Crippen molar-refractivity contribution in [3.63, 3.8) is 0 Å². The Kier molecular flexibility index (Phi) is 5.10. The number of para-hydroxylation sites is 1. The van der Waals surface area contributed by atoms with E-state index in [2.05, 4.69) is 9.88 Å². The Morgan fingerprint density at radius 1 is 0.964 bits per heavy atom. The van der Waals surface area contributed by atoms with Gasteiger partial charge in [-0.2, -0.15) is 0 Å². The number of benzene rings is 1. The van der Waals surface area contributed by atoms with Gasteiger partial charge in [0, 0.05) is 31.0 Å². The maximum absolute atomic E-state index is 13.4. The fraction of sp³-hybridized carbons (Fsp3) is 0.318. The van der Waals surface area contributed by atoms with Gasteiger partial charge in [-0.1, -0.05) is 18.2 Å². The summed E-state index contributed by atoms with van der Waals surface area (Å²) in [4.78, 5) is 34.2. The number of amides is 2. The fourth-order valence-electron chi connectivity index (χ4n) is 3.88. The van der Waals surface area contributed by atoms with Gasteiger partial charge in [-0.05, 0) is 43.0 Å². The highest BCUT2D eigenvalue weighted by atomic mass is 16.5. The van der Waals surface area contributed by atoms with Crippen LogP contribution in [0, 0.1) is 0 Å². The lowest BCUT2D eigenvalue weighted by atomic mass is 10.0. The first kappa shape index (κ1) is 18.2. The van der Waals surface area contributed by atoms with E-state index in [-0.39, 0.29) is 18.4 Å². The van der Waals surface area contributed by atoms with Crippen molar-refractivity contribution >= 4 is 17.4 Å². The van der Waals surface area contributed by atoms with Gasteiger partial charge in [0.25, 0.3) is 11.8 Å². The summed E-state index contributed by atoms with van der Waals surface area (Å²) in [5.74, 6) is 0.0930. The minimum absolute atomic E-state index is 0.232. The van der Waals surface area contributed by atoms with Crippen LogP contribution in [0.5, 0.6) is 5.75 Å². The smallest absolute Gasteiger partial charge is 0.278 e. The lowest BCUT2D eigenvalue weighted by molar-refractivity contribution is -0.138. The van der Waals surface area contributed by atoms with E-state index in [1.807, 2.05) is 36.4 Å². The maximum Gasteiger partial charge on any atom is 0.278 e. The molecule has 0 atom stereocenters. The molecule has 1 saturated heterocycles. The standard InChI is InChI=1S/C22H23N3O3/c1-28-18-8-4-3-7-17(18)19-20(24-13-5-2-6-14-24)22(27)25(21(19)26)15-16-9-11-23-12-10-16/h3-4,7-12H,2,5-6,13-15H2,1H3. The molecule has 0 aliphatic carbocycles. The molecule has 1 aromatic heterocycles. The molecule has 28 heavy (non-hydrogen) atoms. The van der Waals surface area contributed by atoms with E-state index in [9.17, 15) is 9.59 Å². The largest absolute Gasteiger partial charge is 0.496 e. The highest BCUT2D eigenvalue weighted by Crippen LogP contribution is 2.37. The van der Waals surface area contributed by atoms with Gasteiger partial charge in [-0.3, -0.25) is 19.5 Å². The normalized spacial score (nSPS) is 17.5. The molecular weight excluding hydrogens is 354 g/mol. The second-order valence-electron chi connectivity index (χ2n) is 7.02. The predicted octanol–water partition coefficient (Wildman–Crippen LogP) is 2.86. The zero-order chi connectivity index (χ0) is 19.5. The second kappa shape index (κ2) is 7.84. The number of carbonyl (C=O) groups excluding carboxylic acids is 2. The zero-order valence-corrected chi connectivity index (χ0v) is 15.9. The number of piperidine rings is 1. The van der Waals surface area contributed by atoms with Crippen molar-refractivity contribution in [2.75, 3.05) is 20.2 Å². The number of hydrogen-bond acceptors (Lipinski definition) is 5. The Morgan fingerprint density at radius 3 is 2.39 bits per heavy atom. The van der Waals surface area contributed by atoms with Gasteiger partial charge in [0.05, 0.1) is 19.2 Å². The highest BCUT2D eigenvalue weighted by Gasteiger charge is 2.42. The third-order valence-corrected chi connectivity index (χ3v) is 5.28. The topological polar surface area (TPSA) is 62.7 Å². The Hall–Kier alpha value is -3.15. The van der Waals surface area contributed by atoms with Gasteiger partial charge in [0.2, 0.25) is 0 Å². The summed E-state index contributed by atoms with van der Waals surface area (Å²) in [5, 5.41) is 0. The first-order valence-corrected chi connectivity index (χ1v) is 9.58. The summed E-state index contributed by atoms with van der Waals surface area (Å²) in [6, 6.07) is 11.0. The molecule has 3 heterocycles. The highest BCUT2D eigenvalue weighted by molar-refractivity contribution is 6.35. The summed E-state index contributed by atoms with van der Waals surface area (Å²) in [6.45, 7) is 1.81. The molecule has 0 radical (unpaired) electrons. The first-order valence-electron chi connectivity index (χ1n) is 9.58. The summed E-state index contributed by atoms with van der Waals surface area (Å²) >= 11 is 0. The van der Waals surface area contributed by atoms with Crippen molar-refractivity contribution in [1.29, 1.82) is 0 Å². The molecule has 1 fully saturated rings. The van der Waals surface area contributed by atoms with Crippen LogP contribution in [0.15, 0.2) is 54.5 Å². The number of rotatable bonds is 5. The van der Waals surface area contributed by atoms with Crippen molar-refractivity contribution in [2.45, 2.75) is 25.8 Å². The van der Waals surface area contributed by atoms with E-state index in [0.29, 0.717) is 22.6 Å². The minimum atomic E-state index is -0.271. The molecule has 6 nitrogen and oxygen atoms in total. The van der Waals surface area contributed by atoms with Crippen LogP contribution in [0.25, 0.3) is 5.57 Å². The number of carbonyl (C=O) groups is 2. The second-order valence-corrected chi connectivity index (χ2v) is 7.02. The van der Waals surface area contributed by atoms with Gasteiger partial charge in [-0.15, -0.1) is 0 Å². The van der Waals surface area contributed by atoms with Crippen LogP contribution in [0.1, 0.15) is 30.4 Å². The van der Waals surface area contributed by atoms with Crippen molar-refractivity contribution in [3.8, 4) is 5.75 Å². The zero-order valence-electron chi connectivity index (χ0n) is 15.9. The number of pyridine rings is 1. The van der Waals surface area contributed by atoms with Gasteiger partial charge in [-0.25, -0.2) is 0 Å². The first-order chi connectivity index (χ1) is 13.7. The van der Waals surface area contributed by atoms with Crippen LogP contribution in [0.3, 0.4) is 0 Å². The number of nitrogens with zero attached hydrogens (tertiary/aromatic N) is 3. The molecule has 0 N–H and O–H groups in total. The van der Waals surface area contributed by atoms with Gasteiger partial charge >= 0.3 is 0 Å². The van der Waals surface area contributed by atoms with E-state index in [4.69, 9.17) is 4.74 Å². The maximum atomic E-state index is 13.4. The van der Waals surface area contributed by atoms with E-state index >= 15 is 0 Å². The van der Waals surface area contributed by atoms with Gasteiger partial charge in [0.15, 0.2) is 0 Å². The summed E-state index contributed by atoms with van der Waals surface area (Å²) < 4.78 is 5.49. The van der Waals surface area contributed by atoms with Crippen molar-refractivity contribution < 1.29 is 14.3 Å². The van der Waals surface area contributed by atoms with Crippen LogP contribution in [-0.2, 0) is 16.1 Å². The van der Waals surface area contributed by atoms with Crippen LogP contribution in [0.4, 0.5) is 0 Å². The molecule has 144 valence electrons. The molecule has 2 aliphatic rings. The van der Waals surface area contributed by atoms with E-state index < -0.39 is 0 Å². The molecule has 0 saturated carbocycles. The molecular formula is C22H23N3O3. The Balaban J connectivity index is 1.78.